The van der Waals surface area contributed by atoms with Crippen molar-refractivity contribution in [1.29, 1.82) is 0 Å². The summed E-state index contributed by atoms with van der Waals surface area (Å²) >= 11 is 0. The minimum absolute atomic E-state index is 0.196. The van der Waals surface area contributed by atoms with Gasteiger partial charge in [0, 0.05) is 6.42 Å². The Morgan fingerprint density at radius 1 is 1.04 bits per heavy atom. The van der Waals surface area contributed by atoms with Crippen LogP contribution in [0.1, 0.15) is 65.7 Å². The second-order valence-electron chi connectivity index (χ2n) is 7.53. The molecule has 2 aliphatic heterocycles. The van der Waals surface area contributed by atoms with Crippen molar-refractivity contribution in [1.82, 2.24) is 0 Å². The van der Waals surface area contributed by atoms with E-state index in [0.29, 0.717) is 6.42 Å². The molecule has 2 saturated heterocycles. The van der Waals surface area contributed by atoms with Crippen LogP contribution < -0.4 is 0 Å². The van der Waals surface area contributed by atoms with E-state index in [1.807, 2.05) is 0 Å². The predicted molar refractivity (Wildman–Crippen MR) is 92.4 cm³/mol. The minimum Gasteiger partial charge on any atom is -0.363 e. The fraction of sp³-hybridized carbons (Fsp3) is 1.00. The fourth-order valence-electron chi connectivity index (χ4n) is 3.49. The van der Waals surface area contributed by atoms with Crippen molar-refractivity contribution in [2.45, 2.75) is 95.6 Å². The number of ether oxygens (including phenoxy) is 3. The second-order valence-corrected chi connectivity index (χ2v) is 9.17. The molecule has 0 aromatic carbocycles. The Labute approximate surface area is 151 Å². The van der Waals surface area contributed by atoms with Crippen LogP contribution >= 0.6 is 0 Å². The largest absolute Gasteiger partial charge is 0.363 e. The van der Waals surface area contributed by atoms with E-state index in [1.165, 1.54) is 19.3 Å². The Kier molecular flexibility index (Phi) is 6.89. The summed E-state index contributed by atoms with van der Waals surface area (Å²) in [6.07, 6.45) is 6.08. The SMILES string of the molecule is CCCCCCCCC1(O)O[C@@H](COS(C)(=O)=O)[C@H]2OC(C)(C)O[C@H]21. The van der Waals surface area contributed by atoms with Gasteiger partial charge in [0.1, 0.15) is 18.3 Å². The van der Waals surface area contributed by atoms with Gasteiger partial charge in [0.25, 0.3) is 10.1 Å². The van der Waals surface area contributed by atoms with Crippen LogP contribution in [0.4, 0.5) is 0 Å². The molecule has 1 unspecified atom stereocenters. The molecule has 25 heavy (non-hydrogen) atoms. The maximum atomic E-state index is 11.3. The lowest BCUT2D eigenvalue weighted by Gasteiger charge is -2.30. The van der Waals surface area contributed by atoms with Crippen molar-refractivity contribution in [3.05, 3.63) is 0 Å². The van der Waals surface area contributed by atoms with E-state index < -0.39 is 40.0 Å². The predicted octanol–water partition coefficient (Wildman–Crippen LogP) is 2.32. The van der Waals surface area contributed by atoms with Crippen molar-refractivity contribution in [2.24, 2.45) is 0 Å². The normalized spacial score (nSPS) is 34.4. The van der Waals surface area contributed by atoms with E-state index >= 15 is 0 Å². The molecule has 2 fully saturated rings. The Morgan fingerprint density at radius 3 is 2.32 bits per heavy atom. The molecule has 0 bridgehead atoms. The van der Waals surface area contributed by atoms with Gasteiger partial charge in [0.05, 0.1) is 12.9 Å². The van der Waals surface area contributed by atoms with Gasteiger partial charge in [-0.15, -0.1) is 0 Å². The Balaban J connectivity index is 1.95. The average molecular weight is 381 g/mol. The Morgan fingerprint density at radius 2 is 1.68 bits per heavy atom. The summed E-state index contributed by atoms with van der Waals surface area (Å²) in [5.41, 5.74) is 0. The highest BCUT2D eigenvalue weighted by molar-refractivity contribution is 7.85. The molecule has 0 spiro atoms. The summed E-state index contributed by atoms with van der Waals surface area (Å²) in [4.78, 5) is 0. The molecule has 7 nitrogen and oxygen atoms in total. The van der Waals surface area contributed by atoms with Gasteiger partial charge in [-0.05, 0) is 20.3 Å². The van der Waals surface area contributed by atoms with Crippen LogP contribution in [0.5, 0.6) is 0 Å². The molecule has 4 atom stereocenters. The average Bonchev–Trinajstić information content (AvgIpc) is 2.93. The molecule has 148 valence electrons. The van der Waals surface area contributed by atoms with Crippen LogP contribution in [0.3, 0.4) is 0 Å². The monoisotopic (exact) mass is 380 g/mol. The highest BCUT2D eigenvalue weighted by atomic mass is 32.2. The quantitative estimate of drug-likeness (QED) is 0.459. The summed E-state index contributed by atoms with van der Waals surface area (Å²) in [6, 6.07) is 0. The first kappa shape index (κ1) is 21.1. The molecule has 0 aliphatic carbocycles. The molecule has 0 saturated carbocycles. The number of rotatable bonds is 10. The van der Waals surface area contributed by atoms with Crippen LogP contribution in [0, 0.1) is 0 Å². The summed E-state index contributed by atoms with van der Waals surface area (Å²) in [5, 5.41) is 11.0. The first-order valence-corrected chi connectivity index (χ1v) is 11.0. The third-order valence-electron chi connectivity index (χ3n) is 4.63. The molecule has 0 aromatic heterocycles. The molecule has 1 N–H and O–H groups in total. The summed E-state index contributed by atoms with van der Waals surface area (Å²) < 4.78 is 44.8. The fourth-order valence-corrected chi connectivity index (χ4v) is 3.87. The van der Waals surface area contributed by atoms with Crippen LogP contribution in [-0.4, -0.2) is 56.3 Å². The first-order chi connectivity index (χ1) is 11.6. The second kappa shape index (κ2) is 8.19. The van der Waals surface area contributed by atoms with Crippen molar-refractivity contribution in [3.63, 3.8) is 0 Å². The summed E-state index contributed by atoms with van der Waals surface area (Å²) in [7, 11) is -3.59. The molecule has 2 heterocycles. The van der Waals surface area contributed by atoms with Gasteiger partial charge in [0.15, 0.2) is 11.6 Å². The zero-order valence-electron chi connectivity index (χ0n) is 15.7. The van der Waals surface area contributed by atoms with Gasteiger partial charge in [-0.3, -0.25) is 4.18 Å². The van der Waals surface area contributed by atoms with Gasteiger partial charge in [-0.2, -0.15) is 8.42 Å². The van der Waals surface area contributed by atoms with Gasteiger partial charge in [0.2, 0.25) is 0 Å². The zero-order chi connectivity index (χ0) is 18.7. The number of fused-ring (bicyclic) bond motifs is 1. The van der Waals surface area contributed by atoms with Crippen molar-refractivity contribution >= 4 is 10.1 Å². The first-order valence-electron chi connectivity index (χ1n) is 9.16. The minimum atomic E-state index is -3.59. The van der Waals surface area contributed by atoms with Crippen LogP contribution in [0.25, 0.3) is 0 Å². The van der Waals surface area contributed by atoms with Crippen LogP contribution in [0.2, 0.25) is 0 Å². The molecule has 2 aliphatic rings. The molecule has 0 aromatic rings. The number of hydrogen-bond acceptors (Lipinski definition) is 7. The van der Waals surface area contributed by atoms with E-state index in [2.05, 4.69) is 6.92 Å². The molecule has 2 rings (SSSR count). The van der Waals surface area contributed by atoms with Crippen molar-refractivity contribution < 1.29 is 31.9 Å². The maximum Gasteiger partial charge on any atom is 0.264 e. The highest BCUT2D eigenvalue weighted by Gasteiger charge is 2.62. The molecular weight excluding hydrogens is 348 g/mol. The third kappa shape index (κ3) is 5.87. The summed E-state index contributed by atoms with van der Waals surface area (Å²) in [6.45, 7) is 5.52. The number of hydrogen-bond donors (Lipinski definition) is 1. The number of aliphatic hydroxyl groups is 1. The van der Waals surface area contributed by atoms with E-state index in [-0.39, 0.29) is 6.61 Å². The topological polar surface area (TPSA) is 91.3 Å². The summed E-state index contributed by atoms with van der Waals surface area (Å²) in [5.74, 6) is -2.33. The zero-order valence-corrected chi connectivity index (χ0v) is 16.5. The van der Waals surface area contributed by atoms with E-state index in [0.717, 1.165) is 25.5 Å². The van der Waals surface area contributed by atoms with Gasteiger partial charge < -0.3 is 19.3 Å². The van der Waals surface area contributed by atoms with Crippen LogP contribution in [0.15, 0.2) is 0 Å². The van der Waals surface area contributed by atoms with E-state index in [4.69, 9.17) is 18.4 Å². The lowest BCUT2D eigenvalue weighted by molar-refractivity contribution is -0.278. The van der Waals surface area contributed by atoms with E-state index in [9.17, 15) is 13.5 Å². The Hall–Kier alpha value is -0.250. The Bertz CT molecular complexity index is 533. The molecule has 8 heteroatoms. The van der Waals surface area contributed by atoms with Gasteiger partial charge >= 0.3 is 0 Å². The van der Waals surface area contributed by atoms with Crippen molar-refractivity contribution in [2.75, 3.05) is 12.9 Å². The number of unbranched alkanes of at least 4 members (excludes halogenated alkanes) is 5. The van der Waals surface area contributed by atoms with Gasteiger partial charge in [-0.1, -0.05) is 39.0 Å². The third-order valence-corrected chi connectivity index (χ3v) is 5.19. The molecule has 0 radical (unpaired) electrons. The van der Waals surface area contributed by atoms with Crippen molar-refractivity contribution in [3.8, 4) is 0 Å². The molecule has 0 amide bonds. The van der Waals surface area contributed by atoms with E-state index in [1.54, 1.807) is 13.8 Å². The smallest absolute Gasteiger partial charge is 0.264 e. The molecular formula is C17H32O7S. The highest BCUT2D eigenvalue weighted by Crippen LogP contribution is 2.45. The lowest BCUT2D eigenvalue weighted by Crippen LogP contribution is -2.43. The maximum absolute atomic E-state index is 11.3. The van der Waals surface area contributed by atoms with Crippen LogP contribution in [-0.2, 0) is 28.5 Å². The standard InChI is InChI=1S/C17H32O7S/c1-5-6-7-8-9-10-11-17(18)15-14(23-16(2,3)24-15)13(22-17)12-21-25(4,19)20/h13-15,18H,5-12H2,1-4H3/t13-,14+,15+,17?/m0/s1. The lowest BCUT2D eigenvalue weighted by atomic mass is 9.99. The van der Waals surface area contributed by atoms with Gasteiger partial charge in [-0.25, -0.2) is 0 Å².